The van der Waals surface area contributed by atoms with Gasteiger partial charge < -0.3 is 14.9 Å². The van der Waals surface area contributed by atoms with Gasteiger partial charge >= 0.3 is 5.97 Å². The summed E-state index contributed by atoms with van der Waals surface area (Å²) < 4.78 is 5.79. The van der Waals surface area contributed by atoms with Gasteiger partial charge in [-0.1, -0.05) is 44.5 Å². The molecule has 1 aromatic carbocycles. The third kappa shape index (κ3) is 4.93. The molecule has 1 aromatic rings. The number of rotatable bonds is 2. The topological polar surface area (TPSA) is 101 Å². The summed E-state index contributed by atoms with van der Waals surface area (Å²) in [5, 5.41) is 20.7. The minimum Gasteiger partial charge on any atom is -0.508 e. The summed E-state index contributed by atoms with van der Waals surface area (Å²) in [6.07, 6.45) is 15.3. The smallest absolute Gasteiger partial charge is 0.303 e. The molecule has 6 nitrogen and oxygen atoms in total. The lowest BCUT2D eigenvalue weighted by Gasteiger charge is -2.57. The number of fused-ring (bicyclic) bond motifs is 10. The molecule has 0 spiro atoms. The van der Waals surface area contributed by atoms with Crippen LogP contribution in [0.3, 0.4) is 0 Å². The van der Waals surface area contributed by atoms with Crippen molar-refractivity contribution >= 4 is 29.1 Å². The maximum Gasteiger partial charge on any atom is 0.303 e. The molecule has 0 amide bonds. The average Bonchev–Trinajstić information content (AvgIpc) is 3.51. The van der Waals surface area contributed by atoms with Crippen molar-refractivity contribution in [3.8, 4) is 5.75 Å². The van der Waals surface area contributed by atoms with Gasteiger partial charge in [0.15, 0.2) is 17.2 Å². The molecule has 8 rings (SSSR count). The Hall–Kier alpha value is -2.44. The lowest BCUT2D eigenvalue weighted by molar-refractivity contribution is -0.185. The van der Waals surface area contributed by atoms with E-state index in [0.717, 1.165) is 56.4 Å². The Bertz CT molecular complexity index is 1590. The summed E-state index contributed by atoms with van der Waals surface area (Å²) in [5.74, 6) is 3.07. The van der Waals surface area contributed by atoms with Crippen LogP contribution in [-0.2, 0) is 25.5 Å². The predicted molar refractivity (Wildman–Crippen MR) is 185 cm³/mol. The van der Waals surface area contributed by atoms with Crippen LogP contribution in [0.1, 0.15) is 122 Å². The highest BCUT2D eigenvalue weighted by molar-refractivity contribution is 6.32. The van der Waals surface area contributed by atoms with Crippen LogP contribution in [0.25, 0.3) is 0 Å². The van der Waals surface area contributed by atoms with E-state index < -0.39 is 5.60 Å². The second kappa shape index (κ2) is 11.8. The number of ketones is 2. The van der Waals surface area contributed by atoms with Crippen LogP contribution in [0.4, 0.5) is 0 Å². The predicted octanol–water partition coefficient (Wildman–Crippen LogP) is 8.36. The number of Topliss-reactive ketones (excluding diaryl/α,β-unsaturated/α-hetero) is 1. The van der Waals surface area contributed by atoms with Gasteiger partial charge in [0.2, 0.25) is 0 Å². The Kier molecular flexibility index (Phi) is 8.38. The summed E-state index contributed by atoms with van der Waals surface area (Å²) in [6.45, 7) is 9.64. The van der Waals surface area contributed by atoms with Crippen molar-refractivity contribution in [3.63, 3.8) is 0 Å². The summed E-state index contributed by atoms with van der Waals surface area (Å²) >= 11 is 6.71. The van der Waals surface area contributed by atoms with Gasteiger partial charge in [-0.25, -0.2) is 0 Å². The molecule has 7 heteroatoms. The van der Waals surface area contributed by atoms with Gasteiger partial charge in [0.05, 0.1) is 6.10 Å². The third-order valence-corrected chi connectivity index (χ3v) is 15.6. The zero-order chi connectivity index (χ0) is 34.4. The van der Waals surface area contributed by atoms with E-state index in [1.54, 1.807) is 13.0 Å². The van der Waals surface area contributed by atoms with E-state index in [1.165, 1.54) is 37.3 Å². The van der Waals surface area contributed by atoms with Crippen LogP contribution in [0.5, 0.6) is 5.75 Å². The number of carbonyl (C=O) groups is 3. The lowest BCUT2D eigenvalue weighted by atomic mass is 9.48. The maximum absolute atomic E-state index is 12.7. The van der Waals surface area contributed by atoms with Gasteiger partial charge in [0, 0.05) is 23.8 Å². The Morgan fingerprint density at radius 2 is 1.65 bits per heavy atom. The molecule has 4 fully saturated rings. The molecular weight excluding hydrogens is 624 g/mol. The van der Waals surface area contributed by atoms with Crippen molar-refractivity contribution in [2.24, 2.45) is 45.8 Å². The molecule has 0 heterocycles. The summed E-state index contributed by atoms with van der Waals surface area (Å²) in [4.78, 5) is 36.6. The summed E-state index contributed by atoms with van der Waals surface area (Å²) in [7, 11) is 0. The lowest BCUT2D eigenvalue weighted by Crippen LogP contribution is -2.58. The van der Waals surface area contributed by atoms with E-state index in [-0.39, 0.29) is 51.7 Å². The minimum atomic E-state index is -1.03. The number of esters is 1. The molecule has 7 aliphatic carbocycles. The summed E-state index contributed by atoms with van der Waals surface area (Å²) in [5.41, 5.74) is 2.46. The van der Waals surface area contributed by atoms with Gasteiger partial charge in [-0.2, -0.15) is 0 Å². The highest BCUT2D eigenvalue weighted by atomic mass is 35.5. The standard InChI is InChI=1S/C23H29ClO4.C18H24O2/c1-13(25)23(28-14(2)26)10-7-18-16-12-20(24)19-11-15(27)5-8-21(19,3)17(16)6-9-22(18,23)4;1-18-9-8-14-13-5-3-12(19)10-11(13)2-4-15(14)16(18)6-7-17(18)20/h11-12,16-18H,5-10H2,1-4H3;3,5,10,14-17,19-20H,2,4,6-9H2,1H3/t16-,17+,18+,21-,22+,23+;14-,15-,16+,17+,18+/m11/s1. The van der Waals surface area contributed by atoms with Crippen LogP contribution in [0.15, 0.2) is 41.0 Å². The number of hydrogen-bond donors (Lipinski definition) is 2. The van der Waals surface area contributed by atoms with E-state index in [0.29, 0.717) is 41.4 Å². The van der Waals surface area contributed by atoms with Crippen molar-refractivity contribution in [1.29, 1.82) is 0 Å². The SMILES string of the molecule is CC(=O)O[C@]1(C(C)=O)CC[C@H]2[C@@H]3C=C(Cl)C4=CC(=O)CC[C@]4(C)[C@H]3CC[C@@]21C.C[C@]12CC[C@@H]3c4ccc(O)cc4CC[C@H]3[C@@H]1CC[C@@H]2O. The van der Waals surface area contributed by atoms with Gasteiger partial charge in [-0.3, -0.25) is 14.4 Å². The van der Waals surface area contributed by atoms with Gasteiger partial charge in [-0.15, -0.1) is 0 Å². The molecule has 7 aliphatic rings. The van der Waals surface area contributed by atoms with Crippen LogP contribution < -0.4 is 0 Å². The monoisotopic (exact) mass is 676 g/mol. The first-order chi connectivity index (χ1) is 22.6. The van der Waals surface area contributed by atoms with Crippen molar-refractivity contribution in [1.82, 2.24) is 0 Å². The number of aryl methyl sites for hydroxylation is 1. The number of phenolic OH excluding ortho intramolecular Hbond substituents is 1. The molecule has 11 atom stereocenters. The maximum atomic E-state index is 12.7. The molecule has 0 saturated heterocycles. The largest absolute Gasteiger partial charge is 0.508 e. The van der Waals surface area contributed by atoms with E-state index in [9.17, 15) is 24.6 Å². The second-order valence-corrected chi connectivity index (χ2v) is 17.6. The van der Waals surface area contributed by atoms with Crippen LogP contribution in [0.2, 0.25) is 0 Å². The Morgan fingerprint density at radius 1 is 0.896 bits per heavy atom. The number of allylic oxidation sites excluding steroid dienone is 4. The molecular formula is C41H53ClO6. The first-order valence-corrected chi connectivity index (χ1v) is 18.9. The second-order valence-electron chi connectivity index (χ2n) is 17.2. The fraction of sp³-hybridized carbons (Fsp3) is 0.683. The number of benzene rings is 1. The third-order valence-electron chi connectivity index (χ3n) is 15.2. The molecule has 48 heavy (non-hydrogen) atoms. The average molecular weight is 677 g/mol. The minimum absolute atomic E-state index is 0.0490. The fourth-order valence-corrected chi connectivity index (χ4v) is 13.1. The fourth-order valence-electron chi connectivity index (χ4n) is 12.7. The van der Waals surface area contributed by atoms with E-state index in [2.05, 4.69) is 32.9 Å². The number of aliphatic hydroxyl groups excluding tert-OH is 1. The van der Waals surface area contributed by atoms with Crippen molar-refractivity contribution in [3.05, 3.63) is 52.1 Å². The number of halogens is 1. The van der Waals surface area contributed by atoms with Crippen LogP contribution >= 0.6 is 11.6 Å². The zero-order valence-electron chi connectivity index (χ0n) is 29.3. The number of aliphatic hydroxyl groups is 1. The number of phenols is 1. The Morgan fingerprint density at radius 3 is 2.38 bits per heavy atom. The normalized spacial score (nSPS) is 43.8. The molecule has 0 aliphatic heterocycles. The molecule has 0 unspecified atom stereocenters. The number of carbonyl (C=O) groups excluding carboxylic acids is 3. The zero-order valence-corrected chi connectivity index (χ0v) is 30.1. The highest BCUT2D eigenvalue weighted by Crippen LogP contribution is 2.68. The molecule has 4 saturated carbocycles. The van der Waals surface area contributed by atoms with Gasteiger partial charge in [0.1, 0.15) is 5.75 Å². The highest BCUT2D eigenvalue weighted by Gasteiger charge is 2.67. The molecule has 0 aromatic heterocycles. The number of hydrogen-bond acceptors (Lipinski definition) is 6. The van der Waals surface area contributed by atoms with E-state index in [1.807, 2.05) is 12.1 Å². The number of aromatic hydroxyl groups is 1. The van der Waals surface area contributed by atoms with Crippen LogP contribution in [0, 0.1) is 45.8 Å². The molecule has 260 valence electrons. The first kappa shape index (κ1) is 34.0. The van der Waals surface area contributed by atoms with Gasteiger partial charge in [0.25, 0.3) is 0 Å². The van der Waals surface area contributed by atoms with E-state index >= 15 is 0 Å². The van der Waals surface area contributed by atoms with Crippen molar-refractivity contribution < 1.29 is 29.3 Å². The van der Waals surface area contributed by atoms with E-state index in [4.69, 9.17) is 16.3 Å². The number of ether oxygens (including phenoxy) is 1. The quantitative estimate of drug-likeness (QED) is 0.305. The van der Waals surface area contributed by atoms with Crippen LogP contribution in [-0.4, -0.2) is 39.5 Å². The van der Waals surface area contributed by atoms with Crippen molar-refractivity contribution in [2.45, 2.75) is 129 Å². The van der Waals surface area contributed by atoms with Gasteiger partial charge in [-0.05, 0) is 159 Å². The molecule has 2 N–H and O–H groups in total. The molecule has 0 bridgehead atoms. The van der Waals surface area contributed by atoms with Crippen molar-refractivity contribution in [2.75, 3.05) is 0 Å². The summed E-state index contributed by atoms with van der Waals surface area (Å²) in [6, 6.07) is 5.96. The Balaban J connectivity index is 0.000000160. The Labute approximate surface area is 290 Å². The molecule has 0 radical (unpaired) electrons. The first-order valence-electron chi connectivity index (χ1n) is 18.5.